The molecule has 6 nitrogen and oxygen atoms in total. The van der Waals surface area contributed by atoms with Crippen LogP contribution in [0.1, 0.15) is 12.6 Å². The molecule has 30 heavy (non-hydrogen) atoms. The molecule has 9 heteroatoms. The molecule has 1 amide bonds. The Kier molecular flexibility index (Phi) is 6.26. The molecule has 154 valence electrons. The predicted molar refractivity (Wildman–Crippen MR) is 123 cm³/mol. The summed E-state index contributed by atoms with van der Waals surface area (Å²) >= 11 is 8.85. The topological polar surface area (TPSA) is 69.0 Å². The van der Waals surface area contributed by atoms with E-state index in [2.05, 4.69) is 10.4 Å². The van der Waals surface area contributed by atoms with Crippen LogP contribution in [0.4, 0.5) is 5.82 Å². The highest BCUT2D eigenvalue weighted by molar-refractivity contribution is 8.00. The standard InChI is InChI=1S/C21H19ClN4O2S2/c1-3-28-16-5-4-6-17-20(16)24-21(30-17)26-18(11-13(2)25-26)23-19(27)12-29-15-9-7-14(22)8-10-15/h4-11H,3,12H2,1-2H3,(H,23,27). The Labute approximate surface area is 187 Å². The number of hydrogen-bond donors (Lipinski definition) is 1. The van der Waals surface area contributed by atoms with Crippen molar-refractivity contribution in [1.29, 1.82) is 0 Å². The van der Waals surface area contributed by atoms with Gasteiger partial charge in [0.05, 0.1) is 22.8 Å². The number of hydrogen-bond acceptors (Lipinski definition) is 6. The number of halogens is 1. The summed E-state index contributed by atoms with van der Waals surface area (Å²) in [6.45, 7) is 4.39. The molecule has 0 bridgehead atoms. The van der Waals surface area contributed by atoms with Crippen LogP contribution in [-0.4, -0.2) is 33.0 Å². The highest BCUT2D eigenvalue weighted by Gasteiger charge is 2.16. The average molecular weight is 459 g/mol. The number of nitrogens with zero attached hydrogens (tertiary/aromatic N) is 3. The molecule has 4 rings (SSSR count). The number of benzene rings is 2. The van der Waals surface area contributed by atoms with Crippen LogP contribution >= 0.6 is 34.7 Å². The largest absolute Gasteiger partial charge is 0.492 e. The maximum atomic E-state index is 12.5. The molecule has 0 saturated carbocycles. The lowest BCUT2D eigenvalue weighted by Crippen LogP contribution is -2.16. The highest BCUT2D eigenvalue weighted by atomic mass is 35.5. The van der Waals surface area contributed by atoms with Crippen molar-refractivity contribution in [2.45, 2.75) is 18.7 Å². The molecule has 2 heterocycles. The smallest absolute Gasteiger partial charge is 0.235 e. The second-order valence-electron chi connectivity index (χ2n) is 6.41. The van der Waals surface area contributed by atoms with Gasteiger partial charge in [0.1, 0.15) is 17.1 Å². The first-order valence-electron chi connectivity index (χ1n) is 9.31. The van der Waals surface area contributed by atoms with E-state index in [4.69, 9.17) is 21.3 Å². The Bertz CT molecular complexity index is 1190. The third kappa shape index (κ3) is 4.61. The van der Waals surface area contributed by atoms with Gasteiger partial charge in [-0.05, 0) is 50.2 Å². The molecule has 2 aromatic heterocycles. The fraction of sp³-hybridized carbons (Fsp3) is 0.190. The Balaban J connectivity index is 1.54. The Hall–Kier alpha value is -2.55. The van der Waals surface area contributed by atoms with Gasteiger partial charge in [-0.2, -0.15) is 9.78 Å². The summed E-state index contributed by atoms with van der Waals surface area (Å²) < 4.78 is 8.35. The van der Waals surface area contributed by atoms with E-state index in [1.807, 2.05) is 62.4 Å². The van der Waals surface area contributed by atoms with Crippen molar-refractivity contribution < 1.29 is 9.53 Å². The van der Waals surface area contributed by atoms with Gasteiger partial charge in [0.2, 0.25) is 11.0 Å². The predicted octanol–water partition coefficient (Wildman–Crippen LogP) is 5.57. The van der Waals surface area contributed by atoms with E-state index < -0.39 is 0 Å². The summed E-state index contributed by atoms with van der Waals surface area (Å²) in [6.07, 6.45) is 0. The van der Waals surface area contributed by atoms with Crippen LogP contribution in [0.25, 0.3) is 15.3 Å². The van der Waals surface area contributed by atoms with Crippen molar-refractivity contribution in [2.75, 3.05) is 17.7 Å². The van der Waals surface area contributed by atoms with Crippen molar-refractivity contribution in [3.8, 4) is 10.9 Å². The molecule has 0 aliphatic rings. The van der Waals surface area contributed by atoms with Gasteiger partial charge >= 0.3 is 0 Å². The van der Waals surface area contributed by atoms with E-state index >= 15 is 0 Å². The van der Waals surface area contributed by atoms with Gasteiger partial charge in [0.25, 0.3) is 0 Å². The van der Waals surface area contributed by atoms with Crippen LogP contribution in [0.3, 0.4) is 0 Å². The molecular weight excluding hydrogens is 440 g/mol. The number of thiazole rings is 1. The zero-order valence-corrected chi connectivity index (χ0v) is 18.8. The first-order valence-corrected chi connectivity index (χ1v) is 11.5. The van der Waals surface area contributed by atoms with Gasteiger partial charge in [0.15, 0.2) is 0 Å². The number of thioether (sulfide) groups is 1. The summed E-state index contributed by atoms with van der Waals surface area (Å²) in [7, 11) is 0. The molecule has 4 aromatic rings. The summed E-state index contributed by atoms with van der Waals surface area (Å²) in [6, 6.07) is 15.1. The summed E-state index contributed by atoms with van der Waals surface area (Å²) in [5.74, 6) is 1.49. The quantitative estimate of drug-likeness (QED) is 0.366. The second-order valence-corrected chi connectivity index (χ2v) is 8.90. The minimum absolute atomic E-state index is 0.118. The molecule has 0 unspecified atom stereocenters. The summed E-state index contributed by atoms with van der Waals surface area (Å²) in [4.78, 5) is 18.2. The molecule has 0 spiro atoms. The molecule has 0 saturated heterocycles. The first-order chi connectivity index (χ1) is 14.5. The number of rotatable bonds is 7. The normalized spacial score (nSPS) is 11.0. The number of para-hydroxylation sites is 1. The highest BCUT2D eigenvalue weighted by Crippen LogP contribution is 2.32. The molecule has 0 atom stereocenters. The third-order valence-corrected chi connectivity index (χ3v) is 6.39. The second kappa shape index (κ2) is 9.07. The zero-order valence-electron chi connectivity index (χ0n) is 16.4. The van der Waals surface area contributed by atoms with Gasteiger partial charge in [-0.25, -0.2) is 4.98 Å². The number of aromatic nitrogens is 3. The zero-order chi connectivity index (χ0) is 21.1. The third-order valence-electron chi connectivity index (χ3n) is 4.13. The van der Waals surface area contributed by atoms with Crippen molar-refractivity contribution >= 4 is 56.6 Å². The number of carbonyl (C=O) groups is 1. The van der Waals surface area contributed by atoms with E-state index in [-0.39, 0.29) is 11.7 Å². The van der Waals surface area contributed by atoms with Gasteiger partial charge in [0, 0.05) is 16.0 Å². The van der Waals surface area contributed by atoms with Crippen molar-refractivity contribution in [2.24, 2.45) is 0 Å². The van der Waals surface area contributed by atoms with E-state index in [0.717, 1.165) is 26.6 Å². The monoisotopic (exact) mass is 458 g/mol. The number of anilines is 1. The van der Waals surface area contributed by atoms with Crippen LogP contribution in [0.2, 0.25) is 5.02 Å². The minimum Gasteiger partial charge on any atom is -0.492 e. The Morgan fingerprint density at radius 3 is 2.83 bits per heavy atom. The molecule has 0 aliphatic carbocycles. The lowest BCUT2D eigenvalue weighted by molar-refractivity contribution is -0.113. The van der Waals surface area contributed by atoms with E-state index in [9.17, 15) is 4.79 Å². The lowest BCUT2D eigenvalue weighted by atomic mass is 10.3. The lowest BCUT2D eigenvalue weighted by Gasteiger charge is -2.06. The maximum absolute atomic E-state index is 12.5. The van der Waals surface area contributed by atoms with Crippen LogP contribution in [-0.2, 0) is 4.79 Å². The molecule has 2 aromatic carbocycles. The fourth-order valence-corrected chi connectivity index (χ4v) is 4.64. The van der Waals surface area contributed by atoms with Crippen LogP contribution < -0.4 is 10.1 Å². The number of aryl methyl sites for hydroxylation is 1. The fourth-order valence-electron chi connectivity index (χ4n) is 2.87. The van der Waals surface area contributed by atoms with E-state index in [0.29, 0.717) is 22.6 Å². The van der Waals surface area contributed by atoms with Gasteiger partial charge in [-0.1, -0.05) is 29.0 Å². The number of nitrogens with one attached hydrogen (secondary N) is 1. The van der Waals surface area contributed by atoms with Gasteiger partial charge in [-0.15, -0.1) is 11.8 Å². The number of carbonyl (C=O) groups excluding carboxylic acids is 1. The van der Waals surface area contributed by atoms with Crippen molar-refractivity contribution in [3.63, 3.8) is 0 Å². The van der Waals surface area contributed by atoms with Crippen molar-refractivity contribution in [3.05, 3.63) is 59.2 Å². The minimum atomic E-state index is -0.118. The SMILES string of the molecule is CCOc1cccc2sc(-n3nc(C)cc3NC(=O)CSc3ccc(Cl)cc3)nc12. The maximum Gasteiger partial charge on any atom is 0.235 e. The molecule has 0 fully saturated rings. The van der Waals surface area contributed by atoms with E-state index in [1.165, 1.54) is 23.1 Å². The van der Waals surface area contributed by atoms with Crippen LogP contribution in [0.5, 0.6) is 5.75 Å². The number of fused-ring (bicyclic) bond motifs is 1. The van der Waals surface area contributed by atoms with Crippen molar-refractivity contribution in [1.82, 2.24) is 14.8 Å². The first kappa shape index (κ1) is 20.7. The summed E-state index contributed by atoms with van der Waals surface area (Å²) in [5, 5.41) is 8.81. The average Bonchev–Trinajstić information content (AvgIpc) is 3.31. The summed E-state index contributed by atoms with van der Waals surface area (Å²) in [5.41, 5.74) is 1.59. The number of amides is 1. The van der Waals surface area contributed by atoms with E-state index in [1.54, 1.807) is 4.68 Å². The van der Waals surface area contributed by atoms with Crippen LogP contribution in [0, 0.1) is 6.92 Å². The molecule has 0 aliphatic heterocycles. The van der Waals surface area contributed by atoms with Gasteiger partial charge < -0.3 is 10.1 Å². The van der Waals surface area contributed by atoms with Gasteiger partial charge in [-0.3, -0.25) is 4.79 Å². The molecule has 0 radical (unpaired) electrons. The van der Waals surface area contributed by atoms with Crippen LogP contribution in [0.15, 0.2) is 53.4 Å². The Morgan fingerprint density at radius 2 is 2.07 bits per heavy atom. The molecule has 1 N–H and O–H groups in total. The number of ether oxygens (including phenoxy) is 1. The molecular formula is C21H19ClN4O2S2. The Morgan fingerprint density at radius 1 is 1.27 bits per heavy atom.